The Labute approximate surface area is 121 Å². The zero-order valence-electron chi connectivity index (χ0n) is 10.2. The average molecular weight is 311 g/mol. The highest BCUT2D eigenvalue weighted by atomic mass is 35.5. The van der Waals surface area contributed by atoms with Gasteiger partial charge in [-0.3, -0.25) is 4.79 Å². The number of nitrogens with one attached hydrogen (secondary N) is 2. The van der Waals surface area contributed by atoms with Crippen LogP contribution >= 0.6 is 34.8 Å². The molecule has 4 nitrogen and oxygen atoms in total. The van der Waals surface area contributed by atoms with Gasteiger partial charge in [0.1, 0.15) is 17.0 Å². The number of rotatable bonds is 4. The number of anilines is 1. The SMILES string of the molecule is CC(C)NC(=O)C(C)Nc1nc(Cl)c(Cl)cc1Cl. The van der Waals surface area contributed by atoms with Gasteiger partial charge in [0.05, 0.1) is 10.0 Å². The molecule has 1 amide bonds. The minimum absolute atomic E-state index is 0.0685. The van der Waals surface area contributed by atoms with Gasteiger partial charge in [0.2, 0.25) is 5.91 Å². The van der Waals surface area contributed by atoms with Crippen LogP contribution in [0.4, 0.5) is 5.82 Å². The Kier molecular flexibility index (Phi) is 5.50. The highest BCUT2D eigenvalue weighted by Crippen LogP contribution is 2.29. The van der Waals surface area contributed by atoms with Crippen LogP contribution in [0.25, 0.3) is 0 Å². The second kappa shape index (κ2) is 6.45. The fourth-order valence-electron chi connectivity index (χ4n) is 1.23. The first kappa shape index (κ1) is 15.3. The molecule has 18 heavy (non-hydrogen) atoms. The van der Waals surface area contributed by atoms with E-state index in [1.807, 2.05) is 13.8 Å². The van der Waals surface area contributed by atoms with E-state index in [4.69, 9.17) is 34.8 Å². The molecule has 0 aliphatic rings. The molecule has 1 aromatic heterocycles. The van der Waals surface area contributed by atoms with Crippen molar-refractivity contribution in [2.45, 2.75) is 32.9 Å². The summed E-state index contributed by atoms with van der Waals surface area (Å²) in [5, 5.41) is 6.38. The lowest BCUT2D eigenvalue weighted by Crippen LogP contribution is -2.41. The summed E-state index contributed by atoms with van der Waals surface area (Å²) >= 11 is 17.5. The Hall–Kier alpha value is -0.710. The number of nitrogens with zero attached hydrogens (tertiary/aromatic N) is 1. The summed E-state index contributed by atoms with van der Waals surface area (Å²) in [6.07, 6.45) is 0. The number of pyridine rings is 1. The molecular weight excluding hydrogens is 296 g/mol. The van der Waals surface area contributed by atoms with Crippen molar-refractivity contribution in [1.29, 1.82) is 0 Å². The molecule has 0 bridgehead atoms. The van der Waals surface area contributed by atoms with Crippen molar-refractivity contribution < 1.29 is 4.79 Å². The molecule has 1 heterocycles. The molecule has 0 aliphatic carbocycles. The van der Waals surface area contributed by atoms with Gasteiger partial charge in [-0.25, -0.2) is 4.98 Å². The number of halogens is 3. The van der Waals surface area contributed by atoms with Crippen LogP contribution in [-0.2, 0) is 4.79 Å². The van der Waals surface area contributed by atoms with E-state index in [0.717, 1.165) is 0 Å². The van der Waals surface area contributed by atoms with Gasteiger partial charge in [-0.05, 0) is 26.8 Å². The molecule has 0 saturated carbocycles. The second-order valence-electron chi connectivity index (χ2n) is 4.12. The number of hydrogen-bond acceptors (Lipinski definition) is 3. The molecule has 0 spiro atoms. The summed E-state index contributed by atoms with van der Waals surface area (Å²) in [5.74, 6) is 0.186. The van der Waals surface area contributed by atoms with Gasteiger partial charge >= 0.3 is 0 Å². The predicted molar refractivity (Wildman–Crippen MR) is 75.6 cm³/mol. The summed E-state index contributed by atoms with van der Waals surface area (Å²) in [5.41, 5.74) is 0. The highest BCUT2D eigenvalue weighted by molar-refractivity contribution is 6.42. The second-order valence-corrected chi connectivity index (χ2v) is 5.29. The van der Waals surface area contributed by atoms with Crippen LogP contribution in [0.3, 0.4) is 0 Å². The molecule has 2 N–H and O–H groups in total. The van der Waals surface area contributed by atoms with E-state index in [-0.39, 0.29) is 22.1 Å². The summed E-state index contributed by atoms with van der Waals surface area (Å²) in [7, 11) is 0. The van der Waals surface area contributed by atoms with Gasteiger partial charge in [-0.1, -0.05) is 34.8 Å². The van der Waals surface area contributed by atoms with Crippen molar-refractivity contribution in [2.75, 3.05) is 5.32 Å². The summed E-state index contributed by atoms with van der Waals surface area (Å²) in [6.45, 7) is 5.47. The van der Waals surface area contributed by atoms with Crippen LogP contribution in [0.5, 0.6) is 0 Å². The normalized spacial score (nSPS) is 12.4. The van der Waals surface area contributed by atoms with Gasteiger partial charge in [0.25, 0.3) is 0 Å². The van der Waals surface area contributed by atoms with E-state index >= 15 is 0 Å². The predicted octanol–water partition coefficient (Wildman–Crippen LogP) is 3.37. The van der Waals surface area contributed by atoms with Gasteiger partial charge < -0.3 is 10.6 Å². The first-order valence-corrected chi connectivity index (χ1v) is 6.53. The molecule has 0 aromatic carbocycles. The molecule has 0 fully saturated rings. The Balaban J connectivity index is 2.79. The molecule has 1 unspecified atom stereocenters. The van der Waals surface area contributed by atoms with Crippen molar-refractivity contribution in [2.24, 2.45) is 0 Å². The van der Waals surface area contributed by atoms with Gasteiger partial charge in [0, 0.05) is 6.04 Å². The van der Waals surface area contributed by atoms with E-state index in [1.165, 1.54) is 6.07 Å². The number of carbonyl (C=O) groups is 1. The number of hydrogen-bond donors (Lipinski definition) is 2. The summed E-state index contributed by atoms with van der Waals surface area (Å²) in [6, 6.07) is 1.07. The molecule has 0 saturated heterocycles. The van der Waals surface area contributed by atoms with E-state index in [0.29, 0.717) is 10.8 Å². The molecule has 0 aliphatic heterocycles. The van der Waals surface area contributed by atoms with Crippen LogP contribution in [0.1, 0.15) is 20.8 Å². The molecule has 7 heteroatoms. The Morgan fingerprint density at radius 3 is 2.39 bits per heavy atom. The topological polar surface area (TPSA) is 54.0 Å². The van der Waals surface area contributed by atoms with Crippen molar-refractivity contribution in [1.82, 2.24) is 10.3 Å². The summed E-state index contributed by atoms with van der Waals surface area (Å²) < 4.78 is 0. The lowest BCUT2D eigenvalue weighted by atomic mass is 10.2. The molecule has 1 aromatic rings. The van der Waals surface area contributed by atoms with Gasteiger partial charge in [0.15, 0.2) is 0 Å². The van der Waals surface area contributed by atoms with Crippen LogP contribution in [0.15, 0.2) is 6.07 Å². The molecule has 100 valence electrons. The standard InChI is InChI=1S/C11H14Cl3N3O/c1-5(2)15-11(18)6(3)16-10-8(13)4-7(12)9(14)17-10/h4-6H,1-3H3,(H,15,18)(H,16,17). The van der Waals surface area contributed by atoms with Crippen LogP contribution in [0.2, 0.25) is 15.2 Å². The van der Waals surface area contributed by atoms with Crippen molar-refractivity contribution in [3.8, 4) is 0 Å². The third-order valence-electron chi connectivity index (χ3n) is 2.06. The third-order valence-corrected chi connectivity index (χ3v) is 3.03. The van der Waals surface area contributed by atoms with Gasteiger partial charge in [-0.15, -0.1) is 0 Å². The number of carbonyl (C=O) groups excluding carboxylic acids is 1. The third kappa shape index (κ3) is 4.19. The minimum atomic E-state index is -0.477. The first-order valence-electron chi connectivity index (χ1n) is 5.39. The Morgan fingerprint density at radius 2 is 1.83 bits per heavy atom. The number of amides is 1. The van der Waals surface area contributed by atoms with Gasteiger partial charge in [-0.2, -0.15) is 0 Å². The Morgan fingerprint density at radius 1 is 1.22 bits per heavy atom. The maximum Gasteiger partial charge on any atom is 0.242 e. The van der Waals surface area contributed by atoms with Crippen LogP contribution in [0, 0.1) is 0 Å². The maximum atomic E-state index is 11.7. The molecule has 1 rings (SSSR count). The van der Waals surface area contributed by atoms with E-state index in [2.05, 4.69) is 15.6 Å². The fourth-order valence-corrected chi connectivity index (χ4v) is 1.78. The lowest BCUT2D eigenvalue weighted by Gasteiger charge is -2.17. The van der Waals surface area contributed by atoms with Crippen LogP contribution in [-0.4, -0.2) is 23.0 Å². The quantitative estimate of drug-likeness (QED) is 0.838. The zero-order chi connectivity index (χ0) is 13.9. The van der Waals surface area contributed by atoms with Crippen molar-refractivity contribution in [3.05, 3.63) is 21.3 Å². The zero-order valence-corrected chi connectivity index (χ0v) is 12.5. The fraction of sp³-hybridized carbons (Fsp3) is 0.455. The van der Waals surface area contributed by atoms with Crippen molar-refractivity contribution in [3.63, 3.8) is 0 Å². The van der Waals surface area contributed by atoms with E-state index < -0.39 is 6.04 Å². The maximum absolute atomic E-state index is 11.7. The van der Waals surface area contributed by atoms with E-state index in [1.54, 1.807) is 6.92 Å². The first-order chi connectivity index (χ1) is 8.31. The molecule has 1 atom stereocenters. The largest absolute Gasteiger partial charge is 0.357 e. The molecule has 0 radical (unpaired) electrons. The Bertz CT molecular complexity index is 451. The summed E-state index contributed by atoms with van der Waals surface area (Å²) in [4.78, 5) is 15.7. The monoisotopic (exact) mass is 309 g/mol. The van der Waals surface area contributed by atoms with Crippen LogP contribution < -0.4 is 10.6 Å². The molecular formula is C11H14Cl3N3O. The lowest BCUT2D eigenvalue weighted by molar-refractivity contribution is -0.122. The highest BCUT2D eigenvalue weighted by Gasteiger charge is 2.16. The van der Waals surface area contributed by atoms with E-state index in [9.17, 15) is 4.79 Å². The smallest absolute Gasteiger partial charge is 0.242 e. The average Bonchev–Trinajstić information content (AvgIpc) is 2.24. The van der Waals surface area contributed by atoms with Crippen molar-refractivity contribution >= 4 is 46.5 Å². The number of aromatic nitrogens is 1. The minimum Gasteiger partial charge on any atom is -0.357 e.